The van der Waals surface area contributed by atoms with Gasteiger partial charge >= 0.3 is 0 Å². The van der Waals surface area contributed by atoms with Crippen LogP contribution >= 0.6 is 0 Å². The van der Waals surface area contributed by atoms with Gasteiger partial charge in [0.15, 0.2) is 0 Å². The average Bonchev–Trinajstić information content (AvgIpc) is 3.50. The molecule has 1 heterocycles. The molecule has 1 aliphatic carbocycles. The zero-order valence-electron chi connectivity index (χ0n) is 15.0. The molecule has 1 atom stereocenters. The van der Waals surface area contributed by atoms with Crippen LogP contribution in [0, 0.1) is 11.8 Å². The summed E-state index contributed by atoms with van der Waals surface area (Å²) >= 11 is 0. The van der Waals surface area contributed by atoms with E-state index in [-0.39, 0.29) is 23.7 Å². The number of hydrogen-bond acceptors (Lipinski definition) is 3. The normalized spacial score (nSPS) is 20.2. The first-order chi connectivity index (χ1) is 12.1. The summed E-state index contributed by atoms with van der Waals surface area (Å²) in [5.74, 6) is 1.47. The molecule has 1 aliphatic heterocycles. The van der Waals surface area contributed by atoms with Crippen LogP contribution < -0.4 is 4.74 Å². The Balaban J connectivity index is 1.39. The first-order valence-corrected chi connectivity index (χ1v) is 9.37. The van der Waals surface area contributed by atoms with E-state index < -0.39 is 0 Å². The summed E-state index contributed by atoms with van der Waals surface area (Å²) in [4.78, 5) is 28.6. The first kappa shape index (κ1) is 17.8. The number of benzene rings is 1. The van der Waals surface area contributed by atoms with Gasteiger partial charge in [-0.1, -0.05) is 18.2 Å². The number of hydrogen-bond donors (Lipinski definition) is 0. The average molecular weight is 344 g/mol. The molecule has 0 radical (unpaired) electrons. The highest BCUT2D eigenvalue weighted by Gasteiger charge is 2.37. The Morgan fingerprint density at radius 2 is 1.92 bits per heavy atom. The molecule has 0 bridgehead atoms. The fraction of sp³-hybridized carbons (Fsp3) is 0.600. The van der Waals surface area contributed by atoms with Crippen LogP contribution in [0.1, 0.15) is 32.1 Å². The molecule has 3 rings (SSSR count). The minimum absolute atomic E-state index is 0.0449. The van der Waals surface area contributed by atoms with E-state index in [9.17, 15) is 9.59 Å². The maximum atomic E-state index is 12.7. The number of piperidine rings is 1. The zero-order chi connectivity index (χ0) is 17.6. The van der Waals surface area contributed by atoms with Crippen molar-refractivity contribution in [2.45, 2.75) is 32.1 Å². The third-order valence-electron chi connectivity index (χ3n) is 5.03. The predicted molar refractivity (Wildman–Crippen MR) is 96.2 cm³/mol. The van der Waals surface area contributed by atoms with Crippen LogP contribution in [0.3, 0.4) is 0 Å². The van der Waals surface area contributed by atoms with Gasteiger partial charge in [-0.15, -0.1) is 0 Å². The SMILES string of the molecule is CN(CCCOc1ccccc1)C(=O)C1CCCN(C(=O)C2CC2)C1. The largest absolute Gasteiger partial charge is 0.494 e. The summed E-state index contributed by atoms with van der Waals surface area (Å²) in [5.41, 5.74) is 0. The van der Waals surface area contributed by atoms with Crippen molar-refractivity contribution in [1.82, 2.24) is 9.80 Å². The third kappa shape index (κ3) is 4.97. The van der Waals surface area contributed by atoms with E-state index in [0.717, 1.165) is 44.4 Å². The lowest BCUT2D eigenvalue weighted by molar-refractivity contribution is -0.140. The minimum Gasteiger partial charge on any atom is -0.494 e. The summed E-state index contributed by atoms with van der Waals surface area (Å²) in [6.45, 7) is 2.68. The smallest absolute Gasteiger partial charge is 0.227 e. The van der Waals surface area contributed by atoms with Crippen molar-refractivity contribution in [2.24, 2.45) is 11.8 Å². The Bertz CT molecular complexity index is 586. The Morgan fingerprint density at radius 1 is 1.16 bits per heavy atom. The number of para-hydroxylation sites is 1. The van der Waals surface area contributed by atoms with E-state index in [1.165, 1.54) is 0 Å². The molecular formula is C20H28N2O3. The fourth-order valence-electron chi connectivity index (χ4n) is 3.40. The van der Waals surface area contributed by atoms with Crippen LogP contribution in [-0.2, 0) is 9.59 Å². The molecule has 5 heteroatoms. The van der Waals surface area contributed by atoms with E-state index in [2.05, 4.69) is 0 Å². The van der Waals surface area contributed by atoms with E-state index in [0.29, 0.717) is 19.7 Å². The maximum Gasteiger partial charge on any atom is 0.227 e. The highest BCUT2D eigenvalue weighted by atomic mass is 16.5. The molecule has 0 N–H and O–H groups in total. The number of carbonyl (C=O) groups excluding carboxylic acids is 2. The van der Waals surface area contributed by atoms with Crippen LogP contribution in [0.25, 0.3) is 0 Å². The van der Waals surface area contributed by atoms with Gasteiger partial charge < -0.3 is 14.5 Å². The lowest BCUT2D eigenvalue weighted by atomic mass is 9.96. The standard InChI is InChI=1S/C20H28N2O3/c1-21(12-6-14-25-18-8-3-2-4-9-18)19(23)17-7-5-13-22(15-17)20(24)16-10-11-16/h2-4,8-9,16-17H,5-7,10-15H2,1H3. The molecule has 1 saturated heterocycles. The second-order valence-electron chi connectivity index (χ2n) is 7.17. The first-order valence-electron chi connectivity index (χ1n) is 9.37. The third-order valence-corrected chi connectivity index (χ3v) is 5.03. The number of rotatable bonds is 7. The lowest BCUT2D eigenvalue weighted by Crippen LogP contribution is -2.46. The van der Waals surface area contributed by atoms with Crippen molar-refractivity contribution in [3.63, 3.8) is 0 Å². The molecule has 2 aliphatic rings. The molecule has 25 heavy (non-hydrogen) atoms. The van der Waals surface area contributed by atoms with Gasteiger partial charge in [0.1, 0.15) is 5.75 Å². The van der Waals surface area contributed by atoms with Gasteiger partial charge in [0, 0.05) is 32.6 Å². The molecule has 5 nitrogen and oxygen atoms in total. The van der Waals surface area contributed by atoms with Crippen LogP contribution in [-0.4, -0.2) is 54.9 Å². The number of carbonyl (C=O) groups is 2. The Kier molecular flexibility index (Phi) is 5.95. The van der Waals surface area contributed by atoms with Gasteiger partial charge in [-0.2, -0.15) is 0 Å². The molecule has 1 aromatic carbocycles. The van der Waals surface area contributed by atoms with Crippen LogP contribution in [0.15, 0.2) is 30.3 Å². The molecule has 1 aromatic rings. The summed E-state index contributed by atoms with van der Waals surface area (Å²) in [7, 11) is 1.85. The minimum atomic E-state index is -0.0449. The molecule has 0 aromatic heterocycles. The van der Waals surface area contributed by atoms with Crippen LogP contribution in [0.5, 0.6) is 5.75 Å². The second-order valence-corrected chi connectivity index (χ2v) is 7.17. The molecule has 1 unspecified atom stereocenters. The van der Waals surface area contributed by atoms with Gasteiger partial charge in [0.2, 0.25) is 11.8 Å². The van der Waals surface area contributed by atoms with Crippen molar-refractivity contribution in [2.75, 3.05) is 33.3 Å². The van der Waals surface area contributed by atoms with Crippen LogP contribution in [0.4, 0.5) is 0 Å². The number of likely N-dealkylation sites (tertiary alicyclic amines) is 1. The van der Waals surface area contributed by atoms with Crippen molar-refractivity contribution < 1.29 is 14.3 Å². The zero-order valence-corrected chi connectivity index (χ0v) is 15.0. The van der Waals surface area contributed by atoms with Gasteiger partial charge in [0.05, 0.1) is 12.5 Å². The highest BCUT2D eigenvalue weighted by molar-refractivity contribution is 5.83. The highest BCUT2D eigenvalue weighted by Crippen LogP contribution is 2.32. The Hall–Kier alpha value is -2.04. The maximum absolute atomic E-state index is 12.7. The van der Waals surface area contributed by atoms with Crippen molar-refractivity contribution in [3.8, 4) is 5.75 Å². The molecule has 2 fully saturated rings. The molecular weight excluding hydrogens is 316 g/mol. The molecule has 2 amide bonds. The van der Waals surface area contributed by atoms with E-state index in [1.54, 1.807) is 4.90 Å². The molecule has 0 spiro atoms. The fourth-order valence-corrected chi connectivity index (χ4v) is 3.40. The number of ether oxygens (including phenoxy) is 1. The van der Waals surface area contributed by atoms with Crippen molar-refractivity contribution in [3.05, 3.63) is 30.3 Å². The summed E-state index contributed by atoms with van der Waals surface area (Å²) < 4.78 is 5.67. The molecule has 136 valence electrons. The summed E-state index contributed by atoms with van der Waals surface area (Å²) in [6.07, 6.45) is 4.66. The van der Waals surface area contributed by atoms with Gasteiger partial charge in [-0.3, -0.25) is 9.59 Å². The van der Waals surface area contributed by atoms with Crippen molar-refractivity contribution >= 4 is 11.8 Å². The summed E-state index contributed by atoms with van der Waals surface area (Å²) in [5, 5.41) is 0. The Morgan fingerprint density at radius 3 is 2.64 bits per heavy atom. The number of amides is 2. The molecule has 1 saturated carbocycles. The van der Waals surface area contributed by atoms with Crippen LogP contribution in [0.2, 0.25) is 0 Å². The quantitative estimate of drug-likeness (QED) is 0.714. The lowest BCUT2D eigenvalue weighted by Gasteiger charge is -2.34. The predicted octanol–water partition coefficient (Wildman–Crippen LogP) is 2.56. The topological polar surface area (TPSA) is 49.9 Å². The monoisotopic (exact) mass is 344 g/mol. The summed E-state index contributed by atoms with van der Waals surface area (Å²) in [6, 6.07) is 9.72. The van der Waals surface area contributed by atoms with Gasteiger partial charge in [0.25, 0.3) is 0 Å². The Labute approximate surface area is 149 Å². The van der Waals surface area contributed by atoms with Gasteiger partial charge in [-0.05, 0) is 44.2 Å². The van der Waals surface area contributed by atoms with E-state index in [4.69, 9.17) is 4.74 Å². The number of nitrogens with zero attached hydrogens (tertiary/aromatic N) is 2. The second kappa shape index (κ2) is 8.37. The van der Waals surface area contributed by atoms with E-state index in [1.807, 2.05) is 42.3 Å². The van der Waals surface area contributed by atoms with E-state index >= 15 is 0 Å². The van der Waals surface area contributed by atoms with Crippen molar-refractivity contribution in [1.29, 1.82) is 0 Å². The van der Waals surface area contributed by atoms with Gasteiger partial charge in [-0.25, -0.2) is 0 Å².